The fraction of sp³-hybridized carbons (Fsp3) is 0.824. The highest BCUT2D eigenvalue weighted by atomic mass is 32.1. The molecular weight excluding hydrogens is 264 g/mol. The van der Waals surface area contributed by atoms with Crippen LogP contribution in [0.2, 0.25) is 0 Å². The summed E-state index contributed by atoms with van der Waals surface area (Å²) in [6.45, 7) is 12.3. The van der Waals surface area contributed by atoms with Gasteiger partial charge in [-0.05, 0) is 24.7 Å². The minimum atomic E-state index is 0.534. The lowest BCUT2D eigenvalue weighted by Gasteiger charge is -2.24. The molecule has 1 aliphatic rings. The molecule has 1 N–H and O–H groups in total. The van der Waals surface area contributed by atoms with Crippen molar-refractivity contribution in [2.75, 3.05) is 0 Å². The van der Waals surface area contributed by atoms with E-state index in [4.69, 9.17) is 4.98 Å². The largest absolute Gasteiger partial charge is 0.310 e. The summed E-state index contributed by atoms with van der Waals surface area (Å²) in [5, 5.41) is 4.95. The van der Waals surface area contributed by atoms with Crippen molar-refractivity contribution in [3.05, 3.63) is 15.6 Å². The van der Waals surface area contributed by atoms with Gasteiger partial charge >= 0.3 is 0 Å². The molecule has 1 saturated carbocycles. The molecule has 1 fully saturated rings. The smallest absolute Gasteiger partial charge is 0.0962 e. The van der Waals surface area contributed by atoms with Gasteiger partial charge < -0.3 is 5.32 Å². The van der Waals surface area contributed by atoms with Crippen LogP contribution in [0.1, 0.15) is 87.7 Å². The summed E-state index contributed by atoms with van der Waals surface area (Å²) < 4.78 is 0. The molecule has 1 heterocycles. The summed E-state index contributed by atoms with van der Waals surface area (Å²) in [5.74, 6) is 2.17. The molecule has 2 nitrogen and oxygen atoms in total. The lowest BCUT2D eigenvalue weighted by atomic mass is 9.83. The number of aromatic nitrogens is 1. The molecule has 3 heteroatoms. The van der Waals surface area contributed by atoms with E-state index >= 15 is 0 Å². The van der Waals surface area contributed by atoms with Gasteiger partial charge in [0.1, 0.15) is 0 Å². The van der Waals surface area contributed by atoms with Crippen molar-refractivity contribution in [3.63, 3.8) is 0 Å². The molecule has 0 bridgehead atoms. The SMILES string of the molecule is CC1CCC(c2nc(C(C)C)c(CNC(C)C)s2)CC1. The first kappa shape index (κ1) is 16.0. The maximum Gasteiger partial charge on any atom is 0.0962 e. The molecule has 1 aromatic heterocycles. The van der Waals surface area contributed by atoms with E-state index in [1.807, 2.05) is 11.3 Å². The van der Waals surface area contributed by atoms with Crippen molar-refractivity contribution < 1.29 is 0 Å². The first-order valence-electron chi connectivity index (χ1n) is 8.20. The third kappa shape index (κ3) is 4.05. The van der Waals surface area contributed by atoms with Gasteiger partial charge in [-0.25, -0.2) is 4.98 Å². The molecule has 1 aliphatic carbocycles. The topological polar surface area (TPSA) is 24.9 Å². The Morgan fingerprint density at radius 2 is 1.80 bits per heavy atom. The van der Waals surface area contributed by atoms with Crippen molar-refractivity contribution in [3.8, 4) is 0 Å². The lowest BCUT2D eigenvalue weighted by Crippen LogP contribution is -2.22. The van der Waals surface area contributed by atoms with E-state index in [2.05, 4.69) is 39.9 Å². The number of nitrogens with one attached hydrogen (secondary N) is 1. The highest BCUT2D eigenvalue weighted by Gasteiger charge is 2.24. The van der Waals surface area contributed by atoms with Crippen LogP contribution in [0.25, 0.3) is 0 Å². The Bertz CT molecular complexity index is 415. The van der Waals surface area contributed by atoms with Crippen LogP contribution in [0.4, 0.5) is 0 Å². The maximum absolute atomic E-state index is 5.01. The molecule has 2 rings (SSSR count). The van der Waals surface area contributed by atoms with E-state index in [0.717, 1.165) is 18.4 Å². The Balaban J connectivity index is 2.11. The van der Waals surface area contributed by atoms with Crippen LogP contribution in [0.15, 0.2) is 0 Å². The zero-order valence-electron chi connectivity index (χ0n) is 13.7. The monoisotopic (exact) mass is 294 g/mol. The van der Waals surface area contributed by atoms with Crippen LogP contribution >= 0.6 is 11.3 Å². The third-order valence-corrected chi connectivity index (χ3v) is 5.56. The number of nitrogens with zero attached hydrogens (tertiary/aromatic N) is 1. The molecule has 0 aliphatic heterocycles. The van der Waals surface area contributed by atoms with Crippen LogP contribution in [-0.2, 0) is 6.54 Å². The van der Waals surface area contributed by atoms with Gasteiger partial charge in [0.25, 0.3) is 0 Å². The summed E-state index contributed by atoms with van der Waals surface area (Å²) in [6.07, 6.45) is 5.42. The van der Waals surface area contributed by atoms with E-state index in [1.54, 1.807) is 0 Å². The molecule has 0 saturated heterocycles. The van der Waals surface area contributed by atoms with Gasteiger partial charge in [-0.2, -0.15) is 0 Å². The molecule has 0 aromatic carbocycles. The summed E-state index contributed by atoms with van der Waals surface area (Å²) in [7, 11) is 0. The number of rotatable bonds is 5. The minimum absolute atomic E-state index is 0.534. The molecule has 0 radical (unpaired) electrons. The first-order chi connectivity index (χ1) is 9.47. The zero-order chi connectivity index (χ0) is 14.7. The molecule has 0 spiro atoms. The molecule has 0 amide bonds. The van der Waals surface area contributed by atoms with Gasteiger partial charge in [-0.3, -0.25) is 0 Å². The minimum Gasteiger partial charge on any atom is -0.310 e. The van der Waals surface area contributed by atoms with Gasteiger partial charge in [-0.1, -0.05) is 47.5 Å². The highest BCUT2D eigenvalue weighted by molar-refractivity contribution is 7.11. The van der Waals surface area contributed by atoms with Gasteiger partial charge in [0.05, 0.1) is 10.7 Å². The molecule has 1 aromatic rings. The third-order valence-electron chi connectivity index (χ3n) is 4.33. The molecule has 0 unspecified atom stereocenters. The summed E-state index contributed by atoms with van der Waals surface area (Å²) in [4.78, 5) is 6.48. The molecule has 114 valence electrons. The summed E-state index contributed by atoms with van der Waals surface area (Å²) in [5.41, 5.74) is 1.33. The zero-order valence-corrected chi connectivity index (χ0v) is 14.5. The van der Waals surface area contributed by atoms with Crippen LogP contribution in [-0.4, -0.2) is 11.0 Å². The normalized spacial score (nSPS) is 23.8. The number of hydrogen-bond acceptors (Lipinski definition) is 3. The summed E-state index contributed by atoms with van der Waals surface area (Å²) >= 11 is 1.96. The van der Waals surface area contributed by atoms with E-state index in [0.29, 0.717) is 12.0 Å². The van der Waals surface area contributed by atoms with Crippen LogP contribution in [0.3, 0.4) is 0 Å². The summed E-state index contributed by atoms with van der Waals surface area (Å²) in [6, 6.07) is 0.538. The van der Waals surface area contributed by atoms with Crippen LogP contribution in [0.5, 0.6) is 0 Å². The predicted molar refractivity (Wildman–Crippen MR) is 88.6 cm³/mol. The Labute approximate surface area is 128 Å². The van der Waals surface area contributed by atoms with Crippen molar-refractivity contribution in [1.29, 1.82) is 0 Å². The number of hydrogen-bond donors (Lipinski definition) is 1. The van der Waals surface area contributed by atoms with Gasteiger partial charge in [0.2, 0.25) is 0 Å². The molecular formula is C17H30N2S. The standard InChI is InChI=1S/C17H30N2S/c1-11(2)16-15(10-18-12(3)4)20-17(19-16)14-8-6-13(5)7-9-14/h11-14,18H,6-10H2,1-5H3. The van der Waals surface area contributed by atoms with Crippen molar-refractivity contribution >= 4 is 11.3 Å². The fourth-order valence-corrected chi connectivity index (χ4v) is 4.28. The molecule has 20 heavy (non-hydrogen) atoms. The van der Waals surface area contributed by atoms with E-state index in [1.165, 1.54) is 41.3 Å². The van der Waals surface area contributed by atoms with E-state index < -0.39 is 0 Å². The Kier molecular flexibility index (Phi) is 5.62. The molecule has 0 atom stereocenters. The van der Waals surface area contributed by atoms with Gasteiger partial charge in [-0.15, -0.1) is 11.3 Å². The maximum atomic E-state index is 5.01. The highest BCUT2D eigenvalue weighted by Crippen LogP contribution is 2.39. The van der Waals surface area contributed by atoms with Crippen molar-refractivity contribution in [2.45, 2.75) is 84.7 Å². The Morgan fingerprint density at radius 3 is 2.35 bits per heavy atom. The Morgan fingerprint density at radius 1 is 1.15 bits per heavy atom. The first-order valence-corrected chi connectivity index (χ1v) is 9.01. The van der Waals surface area contributed by atoms with Crippen LogP contribution in [0, 0.1) is 5.92 Å². The van der Waals surface area contributed by atoms with E-state index in [9.17, 15) is 0 Å². The fourth-order valence-electron chi connectivity index (χ4n) is 2.94. The second-order valence-corrected chi connectivity index (χ2v) is 8.12. The second kappa shape index (κ2) is 7.04. The quantitative estimate of drug-likeness (QED) is 0.821. The predicted octanol–water partition coefficient (Wildman–Crippen LogP) is 5.06. The lowest BCUT2D eigenvalue weighted by molar-refractivity contribution is 0.347. The number of thiazole rings is 1. The van der Waals surface area contributed by atoms with Crippen molar-refractivity contribution in [1.82, 2.24) is 10.3 Å². The van der Waals surface area contributed by atoms with E-state index in [-0.39, 0.29) is 0 Å². The van der Waals surface area contributed by atoms with Crippen molar-refractivity contribution in [2.24, 2.45) is 5.92 Å². The van der Waals surface area contributed by atoms with Gasteiger partial charge in [0, 0.05) is 23.4 Å². The second-order valence-electron chi connectivity index (χ2n) is 7.01. The Hall–Kier alpha value is -0.410. The average Bonchev–Trinajstić information content (AvgIpc) is 2.81. The van der Waals surface area contributed by atoms with Gasteiger partial charge in [0.15, 0.2) is 0 Å². The van der Waals surface area contributed by atoms with Crippen LogP contribution < -0.4 is 5.32 Å². The average molecular weight is 295 g/mol.